The Morgan fingerprint density at radius 2 is 1.96 bits per heavy atom. The summed E-state index contributed by atoms with van der Waals surface area (Å²) in [5, 5.41) is 10.5. The number of carbonyl (C=O) groups is 1. The highest BCUT2D eigenvalue weighted by Crippen LogP contribution is 2.17. The monoisotopic (exact) mass is 343 g/mol. The zero-order chi connectivity index (χ0) is 17.6. The molecule has 2 aromatic rings. The van der Waals surface area contributed by atoms with E-state index in [0.717, 1.165) is 25.2 Å². The molecule has 134 valence electrons. The molecule has 1 saturated heterocycles. The number of amides is 1. The molecule has 1 aliphatic heterocycles. The zero-order valence-electron chi connectivity index (χ0n) is 14.8. The average Bonchev–Trinajstić information content (AvgIpc) is 3.06. The summed E-state index contributed by atoms with van der Waals surface area (Å²) in [5.41, 5.74) is 2.38. The molecule has 7 heteroatoms. The molecule has 1 aliphatic rings. The van der Waals surface area contributed by atoms with E-state index in [1.54, 1.807) is 12.4 Å². The highest BCUT2D eigenvalue weighted by molar-refractivity contribution is 5.75. The molecule has 1 N–H and O–H groups in total. The molecule has 0 bridgehead atoms. The second kappa shape index (κ2) is 8.22. The summed E-state index contributed by atoms with van der Waals surface area (Å²) in [6.45, 7) is 7.64. The minimum atomic E-state index is -0.0751. The van der Waals surface area contributed by atoms with Gasteiger partial charge < -0.3 is 10.1 Å². The van der Waals surface area contributed by atoms with Crippen molar-refractivity contribution in [3.63, 3.8) is 0 Å². The van der Waals surface area contributed by atoms with Crippen molar-refractivity contribution in [2.45, 2.75) is 45.7 Å². The fourth-order valence-electron chi connectivity index (χ4n) is 3.25. The molecule has 1 aromatic heterocycles. The summed E-state index contributed by atoms with van der Waals surface area (Å²) in [6.07, 6.45) is 3.73. The number of rotatable bonds is 6. The van der Waals surface area contributed by atoms with Crippen molar-refractivity contribution in [2.75, 3.05) is 13.1 Å². The standard InChI is InChI=1S/C18H25N5O2/c1-14-10-22(11-15(2)25-14)12-17-6-4-3-5-16(17)9-19-18(24)13-23-8-7-20-21-23/h3-8,14-15H,9-13H2,1-2H3,(H,19,24)/t14-,15-/m1/s1. The number of carbonyl (C=O) groups excluding carboxylic acids is 1. The van der Waals surface area contributed by atoms with E-state index < -0.39 is 0 Å². The van der Waals surface area contributed by atoms with Gasteiger partial charge in [0.05, 0.1) is 18.4 Å². The minimum absolute atomic E-state index is 0.0751. The highest BCUT2D eigenvalue weighted by Gasteiger charge is 2.22. The Bertz CT molecular complexity index is 679. The van der Waals surface area contributed by atoms with Gasteiger partial charge in [0.25, 0.3) is 0 Å². The van der Waals surface area contributed by atoms with E-state index in [9.17, 15) is 4.79 Å². The van der Waals surface area contributed by atoms with Crippen molar-refractivity contribution < 1.29 is 9.53 Å². The van der Waals surface area contributed by atoms with Crippen molar-refractivity contribution in [3.8, 4) is 0 Å². The van der Waals surface area contributed by atoms with Crippen molar-refractivity contribution >= 4 is 5.91 Å². The second-order valence-corrected chi connectivity index (χ2v) is 6.60. The van der Waals surface area contributed by atoms with Crippen molar-refractivity contribution in [1.29, 1.82) is 0 Å². The van der Waals surface area contributed by atoms with E-state index in [-0.39, 0.29) is 24.7 Å². The molecule has 7 nitrogen and oxygen atoms in total. The molecular weight excluding hydrogens is 318 g/mol. The predicted octanol–water partition coefficient (Wildman–Crippen LogP) is 1.20. The highest BCUT2D eigenvalue weighted by atomic mass is 16.5. The molecular formula is C18H25N5O2. The molecule has 0 unspecified atom stereocenters. The fraction of sp³-hybridized carbons (Fsp3) is 0.500. The van der Waals surface area contributed by atoms with Gasteiger partial charge in [0.15, 0.2) is 0 Å². The number of nitrogens with zero attached hydrogens (tertiary/aromatic N) is 4. The van der Waals surface area contributed by atoms with Crippen molar-refractivity contribution in [2.24, 2.45) is 0 Å². The van der Waals surface area contributed by atoms with Gasteiger partial charge in [-0.25, -0.2) is 4.68 Å². The normalized spacial score (nSPS) is 21.2. The first-order chi connectivity index (χ1) is 12.1. The molecule has 1 fully saturated rings. The second-order valence-electron chi connectivity index (χ2n) is 6.60. The van der Waals surface area contributed by atoms with Crippen LogP contribution in [0, 0.1) is 0 Å². The van der Waals surface area contributed by atoms with Crippen LogP contribution in [0.3, 0.4) is 0 Å². The van der Waals surface area contributed by atoms with E-state index >= 15 is 0 Å². The SMILES string of the molecule is C[C@@H]1CN(Cc2ccccc2CNC(=O)Cn2ccnn2)C[C@@H](C)O1. The van der Waals surface area contributed by atoms with Crippen LogP contribution in [0.2, 0.25) is 0 Å². The van der Waals surface area contributed by atoms with Gasteiger partial charge in [-0.15, -0.1) is 5.10 Å². The van der Waals surface area contributed by atoms with Crippen LogP contribution in [0.4, 0.5) is 0 Å². The largest absolute Gasteiger partial charge is 0.373 e. The van der Waals surface area contributed by atoms with Gasteiger partial charge in [-0.2, -0.15) is 0 Å². The van der Waals surface area contributed by atoms with Gasteiger partial charge in [0, 0.05) is 32.4 Å². The van der Waals surface area contributed by atoms with Crippen LogP contribution in [0.15, 0.2) is 36.7 Å². The summed E-state index contributed by atoms with van der Waals surface area (Å²) >= 11 is 0. The maximum Gasteiger partial charge on any atom is 0.242 e. The molecule has 3 rings (SSSR count). The van der Waals surface area contributed by atoms with Gasteiger partial charge in [-0.1, -0.05) is 29.5 Å². The maximum absolute atomic E-state index is 12.0. The first-order valence-electron chi connectivity index (χ1n) is 8.65. The topological polar surface area (TPSA) is 72.3 Å². The van der Waals surface area contributed by atoms with Gasteiger partial charge in [0.1, 0.15) is 6.54 Å². The van der Waals surface area contributed by atoms with Crippen LogP contribution in [-0.4, -0.2) is 51.1 Å². The third kappa shape index (κ3) is 5.11. The maximum atomic E-state index is 12.0. The Morgan fingerprint density at radius 3 is 2.64 bits per heavy atom. The van der Waals surface area contributed by atoms with Gasteiger partial charge in [0.2, 0.25) is 5.91 Å². The van der Waals surface area contributed by atoms with Crippen LogP contribution >= 0.6 is 0 Å². The molecule has 2 atom stereocenters. The number of aromatic nitrogens is 3. The predicted molar refractivity (Wildman–Crippen MR) is 93.6 cm³/mol. The van der Waals surface area contributed by atoms with E-state index in [1.165, 1.54) is 10.2 Å². The Hall–Kier alpha value is -2.25. The van der Waals surface area contributed by atoms with E-state index in [1.807, 2.05) is 12.1 Å². The summed E-state index contributed by atoms with van der Waals surface area (Å²) in [6, 6.07) is 8.25. The van der Waals surface area contributed by atoms with Crippen LogP contribution in [-0.2, 0) is 29.2 Å². The number of benzene rings is 1. The van der Waals surface area contributed by atoms with Gasteiger partial charge in [-0.3, -0.25) is 9.69 Å². The summed E-state index contributed by atoms with van der Waals surface area (Å²) in [5.74, 6) is -0.0751. The van der Waals surface area contributed by atoms with Crippen LogP contribution < -0.4 is 5.32 Å². The molecule has 0 aliphatic carbocycles. The Morgan fingerprint density at radius 1 is 1.24 bits per heavy atom. The Kier molecular flexibility index (Phi) is 5.78. The lowest BCUT2D eigenvalue weighted by atomic mass is 10.1. The Balaban J connectivity index is 1.58. The Labute approximate surface area is 148 Å². The lowest BCUT2D eigenvalue weighted by Gasteiger charge is -2.35. The molecule has 0 radical (unpaired) electrons. The van der Waals surface area contributed by atoms with E-state index in [2.05, 4.69) is 46.5 Å². The molecule has 0 spiro atoms. The first kappa shape index (κ1) is 17.6. The number of hydrogen-bond acceptors (Lipinski definition) is 5. The molecule has 2 heterocycles. The van der Waals surface area contributed by atoms with Gasteiger partial charge in [-0.05, 0) is 25.0 Å². The van der Waals surface area contributed by atoms with Crippen molar-refractivity contribution in [3.05, 3.63) is 47.8 Å². The fourth-order valence-corrected chi connectivity index (χ4v) is 3.25. The minimum Gasteiger partial charge on any atom is -0.373 e. The smallest absolute Gasteiger partial charge is 0.242 e. The lowest BCUT2D eigenvalue weighted by molar-refractivity contribution is -0.122. The van der Waals surface area contributed by atoms with Crippen LogP contribution in [0.5, 0.6) is 0 Å². The zero-order valence-corrected chi connectivity index (χ0v) is 14.8. The van der Waals surface area contributed by atoms with Crippen molar-refractivity contribution in [1.82, 2.24) is 25.2 Å². The first-order valence-corrected chi connectivity index (χ1v) is 8.65. The molecule has 1 amide bonds. The molecule has 0 saturated carbocycles. The lowest BCUT2D eigenvalue weighted by Crippen LogP contribution is -2.45. The summed E-state index contributed by atoms with van der Waals surface area (Å²) < 4.78 is 7.31. The summed E-state index contributed by atoms with van der Waals surface area (Å²) in [4.78, 5) is 14.5. The number of nitrogens with one attached hydrogen (secondary N) is 1. The van der Waals surface area contributed by atoms with Crippen LogP contribution in [0.25, 0.3) is 0 Å². The summed E-state index contributed by atoms with van der Waals surface area (Å²) in [7, 11) is 0. The van der Waals surface area contributed by atoms with E-state index in [4.69, 9.17) is 4.74 Å². The van der Waals surface area contributed by atoms with E-state index in [0.29, 0.717) is 6.54 Å². The quantitative estimate of drug-likeness (QED) is 0.853. The third-order valence-corrected chi connectivity index (χ3v) is 4.26. The number of hydrogen-bond donors (Lipinski definition) is 1. The molecule has 25 heavy (non-hydrogen) atoms. The number of morpholine rings is 1. The number of ether oxygens (including phenoxy) is 1. The van der Waals surface area contributed by atoms with Crippen LogP contribution in [0.1, 0.15) is 25.0 Å². The molecule has 1 aromatic carbocycles. The van der Waals surface area contributed by atoms with Gasteiger partial charge >= 0.3 is 0 Å². The third-order valence-electron chi connectivity index (χ3n) is 4.26. The average molecular weight is 343 g/mol.